The first-order valence-corrected chi connectivity index (χ1v) is 4.75. The van der Waals surface area contributed by atoms with Crippen LogP contribution in [0.25, 0.3) is 0 Å². The van der Waals surface area contributed by atoms with Gasteiger partial charge in [0.15, 0.2) is 0 Å². The molecule has 1 atom stereocenters. The summed E-state index contributed by atoms with van der Waals surface area (Å²) in [6.07, 6.45) is -0.0324. The summed E-state index contributed by atoms with van der Waals surface area (Å²) in [5.74, 6) is -1.97. The Labute approximate surface area is 92.1 Å². The third-order valence-electron chi connectivity index (χ3n) is 2.00. The highest BCUT2D eigenvalue weighted by atomic mass is 19.1. The quantitative estimate of drug-likeness (QED) is 0.802. The van der Waals surface area contributed by atoms with Crippen molar-refractivity contribution in [3.05, 3.63) is 35.6 Å². The minimum Gasteiger partial charge on any atom is -0.480 e. The summed E-state index contributed by atoms with van der Waals surface area (Å²) in [5, 5.41) is 10.9. The highest BCUT2D eigenvalue weighted by molar-refractivity contribution is 5.84. The van der Waals surface area contributed by atoms with Crippen LogP contribution in [-0.4, -0.2) is 23.0 Å². The standard InChI is InChI=1S/C11H12FNO3/c1-7(11(15)16)13-10(14)6-8-3-2-4-9(12)5-8/h2-5,7H,6H2,1H3,(H,13,14)(H,15,16). The van der Waals surface area contributed by atoms with Crippen molar-refractivity contribution in [2.24, 2.45) is 0 Å². The lowest BCUT2D eigenvalue weighted by Crippen LogP contribution is -2.39. The zero-order chi connectivity index (χ0) is 12.1. The Hall–Kier alpha value is -1.91. The van der Waals surface area contributed by atoms with E-state index in [1.165, 1.54) is 25.1 Å². The number of hydrogen-bond donors (Lipinski definition) is 2. The fourth-order valence-electron chi connectivity index (χ4n) is 1.19. The van der Waals surface area contributed by atoms with Crippen LogP contribution >= 0.6 is 0 Å². The second-order valence-corrected chi connectivity index (χ2v) is 3.43. The van der Waals surface area contributed by atoms with E-state index in [1.54, 1.807) is 6.07 Å². The number of benzene rings is 1. The molecule has 4 nitrogen and oxygen atoms in total. The second kappa shape index (κ2) is 5.25. The van der Waals surface area contributed by atoms with Crippen LogP contribution in [0.3, 0.4) is 0 Å². The van der Waals surface area contributed by atoms with Crippen molar-refractivity contribution in [1.29, 1.82) is 0 Å². The third-order valence-corrected chi connectivity index (χ3v) is 2.00. The fourth-order valence-corrected chi connectivity index (χ4v) is 1.19. The smallest absolute Gasteiger partial charge is 0.325 e. The van der Waals surface area contributed by atoms with Crippen LogP contribution in [0.2, 0.25) is 0 Å². The highest BCUT2D eigenvalue weighted by Crippen LogP contribution is 2.04. The Kier molecular flexibility index (Phi) is 3.99. The van der Waals surface area contributed by atoms with Gasteiger partial charge in [-0.2, -0.15) is 0 Å². The van der Waals surface area contributed by atoms with Crippen LogP contribution in [0, 0.1) is 5.82 Å². The minimum atomic E-state index is -1.10. The Morgan fingerprint density at radius 1 is 1.50 bits per heavy atom. The van der Waals surface area contributed by atoms with Gasteiger partial charge in [0.2, 0.25) is 5.91 Å². The van der Waals surface area contributed by atoms with E-state index in [2.05, 4.69) is 5.32 Å². The molecular formula is C11H12FNO3. The van der Waals surface area contributed by atoms with Gasteiger partial charge in [0, 0.05) is 0 Å². The fraction of sp³-hybridized carbons (Fsp3) is 0.273. The van der Waals surface area contributed by atoms with Gasteiger partial charge in [0.05, 0.1) is 6.42 Å². The molecule has 0 aliphatic rings. The molecule has 0 aliphatic heterocycles. The molecule has 1 rings (SSSR count). The molecule has 16 heavy (non-hydrogen) atoms. The van der Waals surface area contributed by atoms with E-state index in [1.807, 2.05) is 0 Å². The van der Waals surface area contributed by atoms with E-state index >= 15 is 0 Å². The number of halogens is 1. The molecule has 1 unspecified atom stereocenters. The second-order valence-electron chi connectivity index (χ2n) is 3.43. The van der Waals surface area contributed by atoms with Gasteiger partial charge in [-0.3, -0.25) is 9.59 Å². The lowest BCUT2D eigenvalue weighted by molar-refractivity contribution is -0.141. The van der Waals surface area contributed by atoms with Crippen LogP contribution in [0.5, 0.6) is 0 Å². The molecule has 0 aromatic heterocycles. The van der Waals surface area contributed by atoms with Crippen molar-refractivity contribution < 1.29 is 19.1 Å². The maximum atomic E-state index is 12.8. The van der Waals surface area contributed by atoms with Crippen molar-refractivity contribution in [1.82, 2.24) is 5.32 Å². The average molecular weight is 225 g/mol. The number of carboxylic acid groups (broad SMARTS) is 1. The van der Waals surface area contributed by atoms with Crippen LogP contribution in [0.4, 0.5) is 4.39 Å². The van der Waals surface area contributed by atoms with Crippen LogP contribution in [0.15, 0.2) is 24.3 Å². The molecule has 2 N–H and O–H groups in total. The first-order chi connectivity index (χ1) is 7.49. The van der Waals surface area contributed by atoms with Gasteiger partial charge in [0.1, 0.15) is 11.9 Å². The summed E-state index contributed by atoms with van der Waals surface area (Å²) in [6.45, 7) is 1.37. The summed E-state index contributed by atoms with van der Waals surface area (Å²) in [6, 6.07) is 4.68. The Balaban J connectivity index is 2.55. The van der Waals surface area contributed by atoms with Gasteiger partial charge < -0.3 is 10.4 Å². The molecule has 0 fully saturated rings. The van der Waals surface area contributed by atoms with Gasteiger partial charge in [-0.1, -0.05) is 12.1 Å². The van der Waals surface area contributed by atoms with Gasteiger partial charge in [0.25, 0.3) is 0 Å². The van der Waals surface area contributed by atoms with E-state index in [9.17, 15) is 14.0 Å². The van der Waals surface area contributed by atoms with Crippen LogP contribution in [0.1, 0.15) is 12.5 Å². The third kappa shape index (κ3) is 3.68. The van der Waals surface area contributed by atoms with E-state index in [0.29, 0.717) is 5.56 Å². The predicted molar refractivity (Wildman–Crippen MR) is 55.3 cm³/mol. The molecule has 5 heteroatoms. The van der Waals surface area contributed by atoms with Crippen molar-refractivity contribution in [3.63, 3.8) is 0 Å². The maximum Gasteiger partial charge on any atom is 0.325 e. The summed E-state index contributed by atoms with van der Waals surface area (Å²) in [7, 11) is 0. The molecule has 0 radical (unpaired) electrons. The number of carbonyl (C=O) groups excluding carboxylic acids is 1. The van der Waals surface area contributed by atoms with Gasteiger partial charge in [-0.25, -0.2) is 4.39 Å². The maximum absolute atomic E-state index is 12.8. The van der Waals surface area contributed by atoms with Gasteiger partial charge in [-0.05, 0) is 24.6 Å². The minimum absolute atomic E-state index is 0.0324. The number of hydrogen-bond acceptors (Lipinski definition) is 2. The van der Waals surface area contributed by atoms with Crippen molar-refractivity contribution in [3.8, 4) is 0 Å². The van der Waals surface area contributed by atoms with Crippen molar-refractivity contribution in [2.75, 3.05) is 0 Å². The van der Waals surface area contributed by atoms with E-state index in [0.717, 1.165) is 0 Å². The lowest BCUT2D eigenvalue weighted by Gasteiger charge is -2.08. The molecule has 1 aromatic rings. The molecule has 86 valence electrons. The zero-order valence-corrected chi connectivity index (χ0v) is 8.74. The number of carbonyl (C=O) groups is 2. The molecule has 0 spiro atoms. The molecule has 1 aromatic carbocycles. The predicted octanol–water partition coefficient (Wildman–Crippen LogP) is 0.957. The lowest BCUT2D eigenvalue weighted by atomic mass is 10.1. The zero-order valence-electron chi connectivity index (χ0n) is 8.74. The number of rotatable bonds is 4. The first-order valence-electron chi connectivity index (χ1n) is 4.75. The molecule has 0 bridgehead atoms. The highest BCUT2D eigenvalue weighted by Gasteiger charge is 2.13. The van der Waals surface area contributed by atoms with Crippen LogP contribution < -0.4 is 5.32 Å². The molecule has 1 amide bonds. The molecule has 0 saturated carbocycles. The summed E-state index contributed by atoms with van der Waals surface area (Å²) >= 11 is 0. The molecule has 0 aliphatic carbocycles. The average Bonchev–Trinajstić information content (AvgIpc) is 2.16. The number of nitrogens with one attached hydrogen (secondary N) is 1. The van der Waals surface area contributed by atoms with Crippen molar-refractivity contribution >= 4 is 11.9 Å². The summed E-state index contributed by atoms with van der Waals surface area (Å²) in [5.41, 5.74) is 0.509. The SMILES string of the molecule is CC(NC(=O)Cc1cccc(F)c1)C(=O)O. The number of amides is 1. The normalized spacial score (nSPS) is 11.9. The van der Waals surface area contributed by atoms with E-state index in [-0.39, 0.29) is 6.42 Å². The van der Waals surface area contributed by atoms with Crippen molar-refractivity contribution in [2.45, 2.75) is 19.4 Å². The Morgan fingerprint density at radius 3 is 2.75 bits per heavy atom. The van der Waals surface area contributed by atoms with E-state index in [4.69, 9.17) is 5.11 Å². The van der Waals surface area contributed by atoms with Gasteiger partial charge >= 0.3 is 5.97 Å². The summed E-state index contributed by atoms with van der Waals surface area (Å²) in [4.78, 5) is 21.8. The topological polar surface area (TPSA) is 66.4 Å². The molecule has 0 heterocycles. The Bertz CT molecular complexity index is 406. The van der Waals surface area contributed by atoms with Gasteiger partial charge in [-0.15, -0.1) is 0 Å². The molecule has 0 saturated heterocycles. The number of carboxylic acids is 1. The first kappa shape index (κ1) is 12.2. The molecular weight excluding hydrogens is 213 g/mol. The van der Waals surface area contributed by atoms with Crippen LogP contribution in [-0.2, 0) is 16.0 Å². The van der Waals surface area contributed by atoms with E-state index < -0.39 is 23.7 Å². The largest absolute Gasteiger partial charge is 0.480 e. The monoisotopic (exact) mass is 225 g/mol. The Morgan fingerprint density at radius 2 is 2.19 bits per heavy atom. The number of aliphatic carboxylic acids is 1. The summed E-state index contributed by atoms with van der Waals surface area (Å²) < 4.78 is 12.8.